The average Bonchev–Trinajstić information content (AvgIpc) is 4.23. The van der Waals surface area contributed by atoms with Crippen LogP contribution >= 0.6 is 0 Å². The molecule has 0 amide bonds. The van der Waals surface area contributed by atoms with Crippen molar-refractivity contribution in [2.75, 3.05) is 52.9 Å². The first-order valence-electron chi connectivity index (χ1n) is 29.9. The highest BCUT2D eigenvalue weighted by Crippen LogP contribution is 2.47. The quantitative estimate of drug-likeness (QED) is 0.0380. The van der Waals surface area contributed by atoms with Gasteiger partial charge in [0.2, 0.25) is 0 Å². The number of hydrogen-bond acceptors (Lipinski definition) is 14. The molecule has 5 heterocycles. The van der Waals surface area contributed by atoms with E-state index in [2.05, 4.69) is 65.4 Å². The first-order valence-corrected chi connectivity index (χ1v) is 29.9. The van der Waals surface area contributed by atoms with Crippen LogP contribution in [0.3, 0.4) is 0 Å². The number of ether oxygens (including phenoxy) is 8. The lowest BCUT2D eigenvalue weighted by Crippen LogP contribution is -2.03. The lowest BCUT2D eigenvalue weighted by molar-refractivity contribution is 0.262. The number of aromatic amines is 2. The monoisotopic (exact) mass is 1090 g/mol. The Morgan fingerprint density at radius 3 is 0.650 bits per heavy atom. The number of rotatable bonds is 32. The van der Waals surface area contributed by atoms with Crippen LogP contribution in [0.5, 0.6) is 46.0 Å². The molecule has 426 valence electrons. The first-order chi connectivity index (χ1) is 39.3. The maximum absolute atomic E-state index is 6.53. The molecular weight excluding hydrogens is 1010 g/mol. The van der Waals surface area contributed by atoms with Crippen molar-refractivity contribution in [1.29, 1.82) is 0 Å². The van der Waals surface area contributed by atoms with Gasteiger partial charge in [-0.25, -0.2) is 29.9 Å². The molecular formula is C64H82N8O8. The van der Waals surface area contributed by atoms with E-state index in [9.17, 15) is 0 Å². The molecule has 0 saturated carbocycles. The fourth-order valence-electron chi connectivity index (χ4n) is 9.33. The second-order valence-corrected chi connectivity index (χ2v) is 20.6. The zero-order valence-electron chi connectivity index (χ0n) is 48.5. The van der Waals surface area contributed by atoms with Crippen LogP contribution in [-0.4, -0.2) is 92.7 Å². The number of benzene rings is 4. The van der Waals surface area contributed by atoms with E-state index >= 15 is 0 Å². The molecule has 2 N–H and O–H groups in total. The normalized spacial score (nSPS) is 11.7. The number of hydrogen-bond donors (Lipinski definition) is 2. The summed E-state index contributed by atoms with van der Waals surface area (Å²) in [6.07, 6.45) is 14.9. The number of unbranched alkanes of at least 4 members (excludes halogenated alkanes) is 8. The summed E-state index contributed by atoms with van der Waals surface area (Å²) in [7, 11) is 0. The zero-order chi connectivity index (χ0) is 55.8. The Kier molecular flexibility index (Phi) is 20.2. The molecule has 16 heteroatoms. The fraction of sp³-hybridized carbons (Fsp3) is 0.500. The van der Waals surface area contributed by atoms with Crippen molar-refractivity contribution in [3.63, 3.8) is 0 Å². The van der Waals surface area contributed by atoms with E-state index in [0.717, 1.165) is 147 Å². The lowest BCUT2D eigenvalue weighted by Gasteiger charge is -2.15. The Hall–Kier alpha value is -7.36. The van der Waals surface area contributed by atoms with E-state index in [-0.39, 0.29) is 0 Å². The predicted octanol–water partition coefficient (Wildman–Crippen LogP) is 16.3. The van der Waals surface area contributed by atoms with Gasteiger partial charge in [0.05, 0.1) is 52.9 Å². The maximum atomic E-state index is 6.53. The number of fused-ring (bicyclic) bond motifs is 20. The molecule has 0 aliphatic carbocycles. The molecule has 80 heavy (non-hydrogen) atoms. The van der Waals surface area contributed by atoms with Crippen molar-refractivity contribution in [2.45, 2.75) is 158 Å². The zero-order valence-corrected chi connectivity index (χ0v) is 48.5. The summed E-state index contributed by atoms with van der Waals surface area (Å²) in [5.74, 6) is 6.63. The van der Waals surface area contributed by atoms with Crippen molar-refractivity contribution in [2.24, 2.45) is 0 Å². The summed E-state index contributed by atoms with van der Waals surface area (Å²) in [4.78, 5) is 39.7. The number of aromatic nitrogens is 8. The molecule has 2 aliphatic heterocycles. The Morgan fingerprint density at radius 1 is 0.250 bits per heavy atom. The standard InChI is InChI=1S/C64H82N8O8/c1-9-17-25-73-49-33-41-42(34-50(49)74-26-18-10-2)58-65-57(41)69-59-43-35-51(75-27-19-11-3)52(76-28-20-12-4)36-44(43)61(66-59)71-63-47-39-55(79-31-23-15-7)56(80-32-24-16-8)40-48(47)64(68-63)72-62-46-38-54(78-30-22-14-6)53(77-29-21-13-5)37-45(46)60(67-62)70-58/h33-40H,9-32H2,1-8H3,(H2,65,66,67,68,69,70,71,72). The molecule has 0 radical (unpaired) electrons. The van der Waals surface area contributed by atoms with Gasteiger partial charge in [-0.3, -0.25) is 0 Å². The minimum Gasteiger partial charge on any atom is -0.490 e. The van der Waals surface area contributed by atoms with E-state index < -0.39 is 0 Å². The third-order valence-corrected chi connectivity index (χ3v) is 14.1. The van der Waals surface area contributed by atoms with Gasteiger partial charge in [0.1, 0.15) is 22.6 Å². The van der Waals surface area contributed by atoms with Crippen molar-refractivity contribution < 1.29 is 37.9 Å². The Morgan fingerprint density at radius 2 is 0.438 bits per heavy atom. The number of nitrogens with one attached hydrogen (secondary N) is 2. The SMILES string of the molecule is CCCCOc1cc2c(cc1OCCCC)-c1nc-2nc2nc(nc3[nH]c(nc4[nH]c(n1)c1cc(OCCCC)c(OCCCC)cc41)c1cc(OCCCC)c(OCCCC)cc31)-c1cc(OCCCC)c(OCCCC)cc1-2. The van der Waals surface area contributed by atoms with Gasteiger partial charge in [0.15, 0.2) is 69.3 Å². The van der Waals surface area contributed by atoms with Crippen molar-refractivity contribution in [3.05, 3.63) is 48.5 Å². The maximum Gasteiger partial charge on any atom is 0.164 e. The number of H-pyrrole nitrogens is 2. The van der Waals surface area contributed by atoms with Crippen molar-refractivity contribution >= 4 is 44.1 Å². The summed E-state index contributed by atoms with van der Waals surface area (Å²) in [5.41, 5.74) is 5.02. The second kappa shape index (κ2) is 28.2. The van der Waals surface area contributed by atoms with Gasteiger partial charge in [-0.1, -0.05) is 107 Å². The van der Waals surface area contributed by atoms with Crippen LogP contribution in [0.25, 0.3) is 89.7 Å². The highest BCUT2D eigenvalue weighted by Gasteiger charge is 2.29. The van der Waals surface area contributed by atoms with Crippen LogP contribution < -0.4 is 37.9 Å². The van der Waals surface area contributed by atoms with Crippen LogP contribution in [0.2, 0.25) is 0 Å². The lowest BCUT2D eigenvalue weighted by atomic mass is 10.1. The molecule has 2 aliphatic rings. The van der Waals surface area contributed by atoms with Gasteiger partial charge in [-0.2, -0.15) is 0 Å². The average molecular weight is 1090 g/mol. The Bertz CT molecular complexity index is 3170. The second-order valence-electron chi connectivity index (χ2n) is 20.6. The summed E-state index contributed by atoms with van der Waals surface area (Å²) in [6, 6.07) is 16.0. The fourth-order valence-corrected chi connectivity index (χ4v) is 9.33. The molecule has 8 bridgehead atoms. The highest BCUT2D eigenvalue weighted by atomic mass is 16.5. The Balaban J connectivity index is 1.41. The molecule has 0 atom stereocenters. The van der Waals surface area contributed by atoms with Gasteiger partial charge in [-0.05, 0) is 99.9 Å². The Labute approximate surface area is 471 Å². The van der Waals surface area contributed by atoms with Gasteiger partial charge < -0.3 is 47.9 Å². The summed E-state index contributed by atoms with van der Waals surface area (Å²) in [5, 5.41) is 3.10. The third-order valence-electron chi connectivity index (χ3n) is 14.1. The third kappa shape index (κ3) is 13.3. The van der Waals surface area contributed by atoms with Crippen LogP contribution in [-0.2, 0) is 0 Å². The molecule has 9 rings (SSSR count). The van der Waals surface area contributed by atoms with E-state index in [1.807, 2.05) is 48.5 Å². The summed E-state index contributed by atoms with van der Waals surface area (Å²) in [6.45, 7) is 21.4. The van der Waals surface area contributed by atoms with Crippen molar-refractivity contribution in [3.8, 4) is 91.5 Å². The van der Waals surface area contributed by atoms with Gasteiger partial charge in [0.25, 0.3) is 0 Å². The summed E-state index contributed by atoms with van der Waals surface area (Å²) >= 11 is 0. The smallest absolute Gasteiger partial charge is 0.164 e. The number of nitrogens with zero attached hydrogens (tertiary/aromatic N) is 6. The first kappa shape index (κ1) is 57.3. The molecule has 0 saturated heterocycles. The highest BCUT2D eigenvalue weighted by molar-refractivity contribution is 6.09. The van der Waals surface area contributed by atoms with Crippen LogP contribution in [0.15, 0.2) is 48.5 Å². The van der Waals surface area contributed by atoms with E-state index in [1.54, 1.807) is 0 Å². The van der Waals surface area contributed by atoms with Crippen molar-refractivity contribution in [1.82, 2.24) is 39.9 Å². The van der Waals surface area contributed by atoms with Crippen LogP contribution in [0.4, 0.5) is 0 Å². The van der Waals surface area contributed by atoms with Gasteiger partial charge in [0, 0.05) is 43.8 Å². The molecule has 4 aromatic carbocycles. The molecule has 0 fully saturated rings. The van der Waals surface area contributed by atoms with E-state index in [4.69, 9.17) is 67.8 Å². The van der Waals surface area contributed by atoms with Crippen LogP contribution in [0.1, 0.15) is 158 Å². The molecule has 3 aromatic heterocycles. The molecule has 16 nitrogen and oxygen atoms in total. The topological polar surface area (TPSA) is 183 Å². The molecule has 0 unspecified atom stereocenters. The predicted molar refractivity (Wildman–Crippen MR) is 319 cm³/mol. The summed E-state index contributed by atoms with van der Waals surface area (Å²) < 4.78 is 52.2. The minimum absolute atomic E-state index is 0.405. The largest absolute Gasteiger partial charge is 0.490 e. The van der Waals surface area contributed by atoms with Gasteiger partial charge in [-0.15, -0.1) is 0 Å². The van der Waals surface area contributed by atoms with E-state index in [1.165, 1.54) is 0 Å². The van der Waals surface area contributed by atoms with Crippen LogP contribution in [0, 0.1) is 0 Å². The van der Waals surface area contributed by atoms with Gasteiger partial charge >= 0.3 is 0 Å². The molecule has 7 aromatic rings. The minimum atomic E-state index is 0.405. The molecule has 0 spiro atoms. The van der Waals surface area contributed by atoms with E-state index in [0.29, 0.717) is 145 Å².